The van der Waals surface area contributed by atoms with E-state index < -0.39 is 0 Å². The van der Waals surface area contributed by atoms with Gasteiger partial charge in [0.1, 0.15) is 5.75 Å². The molecule has 6 heteroatoms. The standard InChI is InChI=1S/C26H37N3O3/c1-17(2)25(18(3)4)27-13-8-14-32-20-10-7-9-19(15-20)29-26(31)21-16-28-22-11-5-6-12-23(30)24(21)22/h7,9-10,15-18,25,27-28H,5-6,8,11-14H2,1-4H3,(H,29,31). The topological polar surface area (TPSA) is 83.2 Å². The van der Waals surface area contributed by atoms with Gasteiger partial charge in [-0.15, -0.1) is 0 Å². The molecule has 1 aliphatic rings. The third-order valence-electron chi connectivity index (χ3n) is 6.06. The van der Waals surface area contributed by atoms with Gasteiger partial charge in [-0.2, -0.15) is 0 Å². The lowest BCUT2D eigenvalue weighted by atomic mass is 9.93. The van der Waals surface area contributed by atoms with E-state index in [0.717, 1.165) is 43.7 Å². The number of ketones is 1. The molecule has 0 unspecified atom stereocenters. The molecule has 0 fully saturated rings. The molecule has 0 atom stereocenters. The summed E-state index contributed by atoms with van der Waals surface area (Å²) in [4.78, 5) is 28.4. The van der Waals surface area contributed by atoms with Crippen LogP contribution in [0.25, 0.3) is 0 Å². The first-order chi connectivity index (χ1) is 15.4. The molecule has 0 aliphatic heterocycles. The highest BCUT2D eigenvalue weighted by molar-refractivity contribution is 6.13. The highest BCUT2D eigenvalue weighted by Gasteiger charge is 2.24. The molecule has 32 heavy (non-hydrogen) atoms. The number of aromatic amines is 1. The Balaban J connectivity index is 1.53. The van der Waals surface area contributed by atoms with Gasteiger partial charge in [0.05, 0.1) is 17.7 Å². The van der Waals surface area contributed by atoms with E-state index in [-0.39, 0.29) is 11.7 Å². The van der Waals surface area contributed by atoms with Crippen LogP contribution in [0.1, 0.15) is 79.8 Å². The molecular weight excluding hydrogens is 402 g/mol. The number of hydrogen-bond donors (Lipinski definition) is 3. The second-order valence-corrected chi connectivity index (χ2v) is 9.34. The molecule has 1 aromatic heterocycles. The maximum Gasteiger partial charge on any atom is 0.257 e. The number of benzene rings is 1. The van der Waals surface area contributed by atoms with E-state index in [2.05, 4.69) is 43.3 Å². The maximum absolute atomic E-state index is 12.9. The van der Waals surface area contributed by atoms with Crippen molar-refractivity contribution in [3.63, 3.8) is 0 Å². The van der Waals surface area contributed by atoms with Crippen LogP contribution in [-0.2, 0) is 6.42 Å². The van der Waals surface area contributed by atoms with Crippen molar-refractivity contribution in [3.8, 4) is 5.75 Å². The average molecular weight is 440 g/mol. The number of hydrogen-bond acceptors (Lipinski definition) is 4. The van der Waals surface area contributed by atoms with E-state index >= 15 is 0 Å². The number of amides is 1. The van der Waals surface area contributed by atoms with Gasteiger partial charge in [-0.1, -0.05) is 33.8 Å². The van der Waals surface area contributed by atoms with Crippen LogP contribution in [-0.4, -0.2) is 35.9 Å². The summed E-state index contributed by atoms with van der Waals surface area (Å²) in [6.45, 7) is 10.5. The number of aryl methyl sites for hydroxylation is 1. The van der Waals surface area contributed by atoms with E-state index in [1.165, 1.54) is 0 Å². The highest BCUT2D eigenvalue weighted by Crippen LogP contribution is 2.25. The second kappa shape index (κ2) is 11.3. The molecule has 0 saturated heterocycles. The number of H-pyrrole nitrogens is 1. The number of ether oxygens (including phenoxy) is 1. The van der Waals surface area contributed by atoms with E-state index in [0.29, 0.717) is 47.7 Å². The van der Waals surface area contributed by atoms with Gasteiger partial charge in [0, 0.05) is 36.1 Å². The zero-order valence-electron chi connectivity index (χ0n) is 19.8. The number of Topliss-reactive ketones (excluding diaryl/α,β-unsaturated/α-hetero) is 1. The van der Waals surface area contributed by atoms with Crippen LogP contribution in [0.3, 0.4) is 0 Å². The van der Waals surface area contributed by atoms with Crippen LogP contribution >= 0.6 is 0 Å². The second-order valence-electron chi connectivity index (χ2n) is 9.34. The van der Waals surface area contributed by atoms with E-state index in [9.17, 15) is 9.59 Å². The summed E-state index contributed by atoms with van der Waals surface area (Å²) in [5, 5.41) is 6.54. The van der Waals surface area contributed by atoms with Crippen LogP contribution < -0.4 is 15.4 Å². The van der Waals surface area contributed by atoms with Crippen molar-refractivity contribution < 1.29 is 14.3 Å². The lowest BCUT2D eigenvalue weighted by molar-refractivity contribution is 0.0965. The summed E-state index contributed by atoms with van der Waals surface area (Å²) in [5.74, 6) is 1.69. The van der Waals surface area contributed by atoms with Crippen molar-refractivity contribution in [2.75, 3.05) is 18.5 Å². The van der Waals surface area contributed by atoms with Crippen LogP contribution in [0.15, 0.2) is 30.5 Å². The molecule has 0 radical (unpaired) electrons. The lowest BCUT2D eigenvalue weighted by Crippen LogP contribution is -2.39. The Labute approximate surface area is 191 Å². The predicted molar refractivity (Wildman–Crippen MR) is 129 cm³/mol. The summed E-state index contributed by atoms with van der Waals surface area (Å²) in [5.41, 5.74) is 2.51. The quantitative estimate of drug-likeness (QED) is 0.350. The Morgan fingerprint density at radius 1 is 1.12 bits per heavy atom. The van der Waals surface area contributed by atoms with Crippen molar-refractivity contribution in [2.45, 2.75) is 65.8 Å². The van der Waals surface area contributed by atoms with Crippen LogP contribution in [0, 0.1) is 11.8 Å². The van der Waals surface area contributed by atoms with E-state index in [1.54, 1.807) is 6.20 Å². The Bertz CT molecular complexity index is 909. The van der Waals surface area contributed by atoms with Crippen LogP contribution in [0.4, 0.5) is 5.69 Å². The molecule has 6 nitrogen and oxygen atoms in total. The first-order valence-corrected chi connectivity index (χ1v) is 11.9. The summed E-state index contributed by atoms with van der Waals surface area (Å²) >= 11 is 0. The largest absolute Gasteiger partial charge is 0.493 e. The molecule has 0 bridgehead atoms. The minimum Gasteiger partial charge on any atom is -0.493 e. The zero-order chi connectivity index (χ0) is 23.1. The highest BCUT2D eigenvalue weighted by atomic mass is 16.5. The molecular formula is C26H37N3O3. The lowest BCUT2D eigenvalue weighted by Gasteiger charge is -2.26. The fraction of sp³-hybridized carbons (Fsp3) is 0.538. The third kappa shape index (κ3) is 6.22. The molecule has 1 heterocycles. The van der Waals surface area contributed by atoms with Crippen molar-refractivity contribution >= 4 is 17.4 Å². The first kappa shape index (κ1) is 24.1. The van der Waals surface area contributed by atoms with Crippen molar-refractivity contribution in [2.24, 2.45) is 11.8 Å². The van der Waals surface area contributed by atoms with Gasteiger partial charge in [-0.05, 0) is 56.2 Å². The predicted octanol–water partition coefficient (Wildman–Crippen LogP) is 5.22. The molecule has 3 rings (SSSR count). The van der Waals surface area contributed by atoms with Gasteiger partial charge in [0.25, 0.3) is 5.91 Å². The minimum absolute atomic E-state index is 0.0479. The molecule has 1 amide bonds. The SMILES string of the molecule is CC(C)C(NCCCOc1cccc(NC(=O)c2c[nH]c3c2C(=O)CCCC3)c1)C(C)C. The van der Waals surface area contributed by atoms with Crippen molar-refractivity contribution in [1.29, 1.82) is 0 Å². The first-order valence-electron chi connectivity index (χ1n) is 11.9. The fourth-order valence-corrected chi connectivity index (χ4v) is 4.51. The van der Waals surface area contributed by atoms with Crippen molar-refractivity contribution in [3.05, 3.63) is 47.3 Å². The number of aromatic nitrogens is 1. The number of rotatable bonds is 10. The maximum atomic E-state index is 12.9. The molecule has 0 spiro atoms. The smallest absolute Gasteiger partial charge is 0.257 e. The molecule has 3 N–H and O–H groups in total. The Hall–Kier alpha value is -2.60. The van der Waals surface area contributed by atoms with Gasteiger partial charge in [-0.25, -0.2) is 0 Å². The summed E-state index contributed by atoms with van der Waals surface area (Å²) in [6.07, 6.45) is 5.69. The zero-order valence-corrected chi connectivity index (χ0v) is 19.8. The fourth-order valence-electron chi connectivity index (χ4n) is 4.51. The molecule has 174 valence electrons. The van der Waals surface area contributed by atoms with Crippen molar-refractivity contribution in [1.82, 2.24) is 10.3 Å². The van der Waals surface area contributed by atoms with Crippen LogP contribution in [0.5, 0.6) is 5.75 Å². The molecule has 1 aromatic carbocycles. The normalized spacial score (nSPS) is 14.0. The number of anilines is 1. The monoisotopic (exact) mass is 439 g/mol. The number of carbonyl (C=O) groups excluding carboxylic acids is 2. The number of nitrogens with one attached hydrogen (secondary N) is 3. The molecule has 1 aliphatic carbocycles. The third-order valence-corrected chi connectivity index (χ3v) is 6.06. The van der Waals surface area contributed by atoms with Gasteiger partial charge < -0.3 is 20.4 Å². The molecule has 2 aromatic rings. The van der Waals surface area contributed by atoms with E-state index in [4.69, 9.17) is 4.74 Å². The van der Waals surface area contributed by atoms with Gasteiger partial charge in [-0.3, -0.25) is 9.59 Å². The molecule has 0 saturated carbocycles. The number of fused-ring (bicyclic) bond motifs is 1. The Morgan fingerprint density at radius 2 is 1.88 bits per heavy atom. The Morgan fingerprint density at radius 3 is 2.62 bits per heavy atom. The van der Waals surface area contributed by atoms with Crippen LogP contribution in [0.2, 0.25) is 0 Å². The minimum atomic E-state index is -0.271. The summed E-state index contributed by atoms with van der Waals surface area (Å²) < 4.78 is 5.89. The summed E-state index contributed by atoms with van der Waals surface area (Å²) in [7, 11) is 0. The number of carbonyl (C=O) groups is 2. The summed E-state index contributed by atoms with van der Waals surface area (Å²) in [6, 6.07) is 7.90. The average Bonchev–Trinajstić information content (AvgIpc) is 3.09. The van der Waals surface area contributed by atoms with Gasteiger partial charge in [0.15, 0.2) is 5.78 Å². The Kier molecular flexibility index (Phi) is 8.51. The van der Waals surface area contributed by atoms with E-state index in [1.807, 2.05) is 24.3 Å². The van der Waals surface area contributed by atoms with Gasteiger partial charge >= 0.3 is 0 Å². The van der Waals surface area contributed by atoms with Gasteiger partial charge in [0.2, 0.25) is 0 Å².